The Morgan fingerprint density at radius 1 is 1.21 bits per heavy atom. The topological polar surface area (TPSA) is 73.2 Å². The normalized spacial score (nSPS) is 13.0. The van der Waals surface area contributed by atoms with Crippen molar-refractivity contribution in [2.24, 2.45) is 0 Å². The fourth-order valence-corrected chi connectivity index (χ4v) is 4.70. The number of fused-ring (bicyclic) bond motifs is 1. The third kappa shape index (κ3) is 5.31. The van der Waals surface area contributed by atoms with Gasteiger partial charge in [-0.05, 0) is 23.8 Å². The number of nitriles is 1. The predicted molar refractivity (Wildman–Crippen MR) is 114 cm³/mol. The molecule has 3 rings (SSSR count). The SMILES string of the molecule is N#Cc1ccccc1CSCCNC(=O)CCN1C(=O)CSc2ccccc21. The molecule has 2 amide bonds. The highest BCUT2D eigenvalue weighted by molar-refractivity contribution is 8.00. The molecule has 144 valence electrons. The van der Waals surface area contributed by atoms with Crippen molar-refractivity contribution < 1.29 is 9.59 Å². The number of nitrogens with one attached hydrogen (secondary N) is 1. The fourth-order valence-electron chi connectivity index (χ4n) is 2.90. The van der Waals surface area contributed by atoms with E-state index >= 15 is 0 Å². The number of carbonyl (C=O) groups is 2. The molecular formula is C21H21N3O2S2. The maximum absolute atomic E-state index is 12.2. The summed E-state index contributed by atoms with van der Waals surface area (Å²) in [5.74, 6) is 1.92. The minimum atomic E-state index is -0.0541. The van der Waals surface area contributed by atoms with E-state index in [2.05, 4.69) is 11.4 Å². The zero-order valence-corrected chi connectivity index (χ0v) is 17.0. The Labute approximate surface area is 173 Å². The molecule has 1 aliphatic rings. The van der Waals surface area contributed by atoms with Gasteiger partial charge in [-0.1, -0.05) is 30.3 Å². The number of anilines is 1. The molecular weight excluding hydrogens is 390 g/mol. The van der Waals surface area contributed by atoms with Crippen LogP contribution in [0.4, 0.5) is 5.69 Å². The van der Waals surface area contributed by atoms with Crippen LogP contribution in [-0.4, -0.2) is 36.4 Å². The highest BCUT2D eigenvalue weighted by Crippen LogP contribution is 2.34. The average Bonchev–Trinajstić information content (AvgIpc) is 2.73. The zero-order valence-electron chi connectivity index (χ0n) is 15.4. The van der Waals surface area contributed by atoms with Crippen molar-refractivity contribution in [2.45, 2.75) is 17.1 Å². The molecule has 1 N–H and O–H groups in total. The van der Waals surface area contributed by atoms with E-state index in [-0.39, 0.29) is 18.2 Å². The second-order valence-electron chi connectivity index (χ2n) is 6.22. The molecule has 2 aromatic carbocycles. The van der Waals surface area contributed by atoms with Crippen LogP contribution in [0.25, 0.3) is 0 Å². The van der Waals surface area contributed by atoms with Crippen LogP contribution in [0.1, 0.15) is 17.5 Å². The summed E-state index contributed by atoms with van der Waals surface area (Å²) in [7, 11) is 0. The molecule has 0 aliphatic carbocycles. The first-order valence-electron chi connectivity index (χ1n) is 9.03. The van der Waals surface area contributed by atoms with Crippen molar-refractivity contribution in [3.63, 3.8) is 0 Å². The minimum Gasteiger partial charge on any atom is -0.355 e. The molecule has 0 saturated heterocycles. The van der Waals surface area contributed by atoms with Crippen LogP contribution >= 0.6 is 23.5 Å². The van der Waals surface area contributed by atoms with Crippen molar-refractivity contribution in [2.75, 3.05) is 29.5 Å². The van der Waals surface area contributed by atoms with Gasteiger partial charge in [-0.2, -0.15) is 17.0 Å². The van der Waals surface area contributed by atoms with E-state index in [0.717, 1.165) is 27.7 Å². The number of thioether (sulfide) groups is 2. The standard InChI is InChI=1S/C21H21N3O2S2/c22-13-16-5-1-2-6-17(16)14-27-12-10-23-20(25)9-11-24-18-7-3-4-8-19(18)28-15-21(24)26/h1-8H,9-12,14-15H2,(H,23,25). The van der Waals surface area contributed by atoms with E-state index in [9.17, 15) is 9.59 Å². The van der Waals surface area contributed by atoms with Crippen molar-refractivity contribution in [1.29, 1.82) is 5.26 Å². The zero-order chi connectivity index (χ0) is 19.8. The molecule has 2 aromatic rings. The van der Waals surface area contributed by atoms with E-state index in [1.807, 2.05) is 48.5 Å². The molecule has 0 spiro atoms. The summed E-state index contributed by atoms with van der Waals surface area (Å²) in [4.78, 5) is 27.1. The minimum absolute atomic E-state index is 0.0446. The van der Waals surface area contributed by atoms with Crippen LogP contribution < -0.4 is 10.2 Å². The Bertz CT molecular complexity index is 895. The lowest BCUT2D eigenvalue weighted by Crippen LogP contribution is -2.38. The second kappa shape index (κ2) is 10.2. The maximum atomic E-state index is 12.2. The molecule has 1 heterocycles. The molecule has 0 unspecified atom stereocenters. The van der Waals surface area contributed by atoms with Gasteiger partial charge in [0.15, 0.2) is 0 Å². The lowest BCUT2D eigenvalue weighted by molar-refractivity contribution is -0.120. The van der Waals surface area contributed by atoms with E-state index in [1.54, 1.807) is 28.4 Å². The Kier molecular flexibility index (Phi) is 7.40. The van der Waals surface area contributed by atoms with Crippen LogP contribution in [-0.2, 0) is 15.3 Å². The molecule has 0 bridgehead atoms. The molecule has 0 saturated carbocycles. The largest absolute Gasteiger partial charge is 0.355 e. The number of para-hydroxylation sites is 1. The Hall–Kier alpha value is -2.43. The van der Waals surface area contributed by atoms with Gasteiger partial charge in [0.2, 0.25) is 11.8 Å². The number of benzene rings is 2. The first-order valence-corrected chi connectivity index (χ1v) is 11.2. The monoisotopic (exact) mass is 411 g/mol. The Morgan fingerprint density at radius 2 is 2.00 bits per heavy atom. The molecule has 7 heteroatoms. The van der Waals surface area contributed by atoms with Gasteiger partial charge >= 0.3 is 0 Å². The van der Waals surface area contributed by atoms with Crippen LogP contribution in [0.2, 0.25) is 0 Å². The quantitative estimate of drug-likeness (QED) is 0.674. The second-order valence-corrected chi connectivity index (χ2v) is 8.35. The lowest BCUT2D eigenvalue weighted by atomic mass is 10.1. The lowest BCUT2D eigenvalue weighted by Gasteiger charge is -2.28. The highest BCUT2D eigenvalue weighted by atomic mass is 32.2. The summed E-state index contributed by atoms with van der Waals surface area (Å²) in [6, 6.07) is 17.5. The number of hydrogen-bond acceptors (Lipinski definition) is 5. The first kappa shape index (κ1) is 20.3. The smallest absolute Gasteiger partial charge is 0.237 e. The van der Waals surface area contributed by atoms with Gasteiger partial charge in [0.05, 0.1) is 23.1 Å². The van der Waals surface area contributed by atoms with Crippen molar-refractivity contribution in [3.8, 4) is 6.07 Å². The van der Waals surface area contributed by atoms with Crippen molar-refractivity contribution >= 4 is 41.0 Å². The van der Waals surface area contributed by atoms with Gasteiger partial charge < -0.3 is 10.2 Å². The third-order valence-electron chi connectivity index (χ3n) is 4.33. The number of carbonyl (C=O) groups excluding carboxylic acids is 2. The molecule has 0 fully saturated rings. The van der Waals surface area contributed by atoms with E-state index in [0.29, 0.717) is 24.4 Å². The van der Waals surface area contributed by atoms with Gasteiger partial charge in [-0.3, -0.25) is 9.59 Å². The van der Waals surface area contributed by atoms with Crippen LogP contribution in [0.3, 0.4) is 0 Å². The van der Waals surface area contributed by atoms with Gasteiger partial charge in [0.1, 0.15) is 0 Å². The molecule has 0 radical (unpaired) electrons. The summed E-state index contributed by atoms with van der Waals surface area (Å²) >= 11 is 3.22. The van der Waals surface area contributed by atoms with Gasteiger partial charge in [-0.15, -0.1) is 11.8 Å². The molecule has 5 nitrogen and oxygen atoms in total. The molecule has 0 atom stereocenters. The first-order chi connectivity index (χ1) is 13.7. The van der Waals surface area contributed by atoms with Gasteiger partial charge in [-0.25, -0.2) is 0 Å². The molecule has 28 heavy (non-hydrogen) atoms. The summed E-state index contributed by atoms with van der Waals surface area (Å²) in [5, 5.41) is 12.0. The number of nitrogens with zero attached hydrogens (tertiary/aromatic N) is 2. The number of amides is 2. The highest BCUT2D eigenvalue weighted by Gasteiger charge is 2.24. The van der Waals surface area contributed by atoms with E-state index in [1.165, 1.54) is 0 Å². The summed E-state index contributed by atoms with van der Waals surface area (Å²) in [5.41, 5.74) is 2.61. The third-order valence-corrected chi connectivity index (χ3v) is 6.39. The molecule has 1 aliphatic heterocycles. The Balaban J connectivity index is 1.38. The predicted octanol–water partition coefficient (Wildman–Crippen LogP) is 3.44. The summed E-state index contributed by atoms with van der Waals surface area (Å²) < 4.78 is 0. The van der Waals surface area contributed by atoms with Crippen LogP contribution in [0, 0.1) is 11.3 Å². The summed E-state index contributed by atoms with van der Waals surface area (Å²) in [6.07, 6.45) is 0.284. The van der Waals surface area contributed by atoms with Crippen LogP contribution in [0.5, 0.6) is 0 Å². The van der Waals surface area contributed by atoms with E-state index in [4.69, 9.17) is 5.26 Å². The fraction of sp³-hybridized carbons (Fsp3) is 0.286. The maximum Gasteiger partial charge on any atom is 0.237 e. The molecule has 0 aromatic heterocycles. The summed E-state index contributed by atoms with van der Waals surface area (Å²) in [6.45, 7) is 0.962. The van der Waals surface area contributed by atoms with E-state index < -0.39 is 0 Å². The van der Waals surface area contributed by atoms with Gasteiger partial charge in [0, 0.05) is 35.9 Å². The van der Waals surface area contributed by atoms with Gasteiger partial charge in [0.25, 0.3) is 0 Å². The van der Waals surface area contributed by atoms with Crippen molar-refractivity contribution in [3.05, 3.63) is 59.7 Å². The van der Waals surface area contributed by atoms with Crippen LogP contribution in [0.15, 0.2) is 53.4 Å². The average molecular weight is 412 g/mol. The Morgan fingerprint density at radius 3 is 2.86 bits per heavy atom. The number of hydrogen-bond donors (Lipinski definition) is 1. The van der Waals surface area contributed by atoms with Crippen molar-refractivity contribution in [1.82, 2.24) is 5.32 Å². The number of rotatable bonds is 8.